The smallest absolute Gasteiger partial charge is 0.410 e. The fourth-order valence-corrected chi connectivity index (χ4v) is 2.88. The van der Waals surface area contributed by atoms with Crippen LogP contribution >= 0.6 is 0 Å². The van der Waals surface area contributed by atoms with E-state index in [1.807, 2.05) is 51.1 Å². The molecule has 1 atom stereocenters. The standard InChI is InChI=1S/C19H24N2O3/c1-19(2,3)24-18(22)21-12-6-9-15(13-21)23-16-10-4-7-14-8-5-11-20-17(14)16/h4-5,7-8,10-11,15H,6,9,12-13H2,1-3H3/t15-/m0/s1. The predicted octanol–water partition coefficient (Wildman–Crippen LogP) is 4.01. The summed E-state index contributed by atoms with van der Waals surface area (Å²) in [5.41, 5.74) is 0.374. The normalized spacial score (nSPS) is 18.5. The van der Waals surface area contributed by atoms with Crippen LogP contribution in [0.4, 0.5) is 4.79 Å². The van der Waals surface area contributed by atoms with Crippen LogP contribution in [0.25, 0.3) is 10.9 Å². The van der Waals surface area contributed by atoms with E-state index in [2.05, 4.69) is 4.98 Å². The number of aromatic nitrogens is 1. The third kappa shape index (κ3) is 3.96. The second-order valence-electron chi connectivity index (χ2n) is 7.14. The highest BCUT2D eigenvalue weighted by Gasteiger charge is 2.28. The minimum Gasteiger partial charge on any atom is -0.486 e. The first-order valence-corrected chi connectivity index (χ1v) is 8.41. The monoisotopic (exact) mass is 328 g/mol. The summed E-state index contributed by atoms with van der Waals surface area (Å²) in [6, 6.07) is 9.85. The highest BCUT2D eigenvalue weighted by Crippen LogP contribution is 2.26. The molecule has 0 aliphatic carbocycles. The molecule has 0 unspecified atom stereocenters. The lowest BCUT2D eigenvalue weighted by Gasteiger charge is -2.34. The summed E-state index contributed by atoms with van der Waals surface area (Å²) in [5, 5.41) is 1.05. The molecule has 0 saturated carbocycles. The topological polar surface area (TPSA) is 51.7 Å². The minimum atomic E-state index is -0.482. The summed E-state index contributed by atoms with van der Waals surface area (Å²) in [4.78, 5) is 18.4. The largest absolute Gasteiger partial charge is 0.486 e. The van der Waals surface area contributed by atoms with Crippen molar-refractivity contribution in [3.05, 3.63) is 36.5 Å². The van der Waals surface area contributed by atoms with Gasteiger partial charge < -0.3 is 14.4 Å². The number of piperidine rings is 1. The Bertz CT molecular complexity index is 719. The molecule has 0 spiro atoms. The van der Waals surface area contributed by atoms with E-state index in [-0.39, 0.29) is 12.2 Å². The van der Waals surface area contributed by atoms with Gasteiger partial charge in [-0.2, -0.15) is 0 Å². The molecule has 1 aliphatic rings. The highest BCUT2D eigenvalue weighted by molar-refractivity contribution is 5.84. The van der Waals surface area contributed by atoms with Crippen molar-refractivity contribution in [2.24, 2.45) is 0 Å². The maximum Gasteiger partial charge on any atom is 0.410 e. The maximum atomic E-state index is 12.3. The first kappa shape index (κ1) is 16.6. The number of fused-ring (bicyclic) bond motifs is 1. The maximum absolute atomic E-state index is 12.3. The van der Waals surface area contributed by atoms with Crippen LogP contribution in [0.5, 0.6) is 5.75 Å². The van der Waals surface area contributed by atoms with Crippen LogP contribution in [-0.2, 0) is 4.74 Å². The van der Waals surface area contributed by atoms with Crippen molar-refractivity contribution < 1.29 is 14.3 Å². The van der Waals surface area contributed by atoms with E-state index in [1.165, 1.54) is 0 Å². The van der Waals surface area contributed by atoms with E-state index in [1.54, 1.807) is 11.1 Å². The zero-order valence-electron chi connectivity index (χ0n) is 14.5. The molecule has 1 aromatic heterocycles. The van der Waals surface area contributed by atoms with Crippen molar-refractivity contribution in [1.29, 1.82) is 0 Å². The lowest BCUT2D eigenvalue weighted by atomic mass is 10.1. The Morgan fingerprint density at radius 1 is 1.25 bits per heavy atom. The SMILES string of the molecule is CC(C)(C)OC(=O)N1CCC[C@H](Oc2cccc3cccnc23)C1. The number of benzene rings is 1. The molecular formula is C19H24N2O3. The molecule has 5 nitrogen and oxygen atoms in total. The van der Waals surface area contributed by atoms with E-state index < -0.39 is 5.60 Å². The summed E-state index contributed by atoms with van der Waals surface area (Å²) in [6.07, 6.45) is 3.28. The van der Waals surface area contributed by atoms with Crippen LogP contribution in [0.3, 0.4) is 0 Å². The highest BCUT2D eigenvalue weighted by atomic mass is 16.6. The van der Waals surface area contributed by atoms with E-state index in [9.17, 15) is 4.79 Å². The number of hydrogen-bond donors (Lipinski definition) is 0. The van der Waals surface area contributed by atoms with Crippen molar-refractivity contribution in [3.63, 3.8) is 0 Å². The molecule has 1 aliphatic heterocycles. The fourth-order valence-electron chi connectivity index (χ4n) is 2.88. The van der Waals surface area contributed by atoms with Gasteiger partial charge in [0.1, 0.15) is 23.0 Å². The van der Waals surface area contributed by atoms with Crippen LogP contribution in [0.1, 0.15) is 33.6 Å². The number of rotatable bonds is 2. The van der Waals surface area contributed by atoms with Crippen LogP contribution in [-0.4, -0.2) is 40.8 Å². The Hall–Kier alpha value is -2.30. The number of carbonyl (C=O) groups excluding carboxylic acids is 1. The minimum absolute atomic E-state index is 0.0427. The molecule has 24 heavy (non-hydrogen) atoms. The number of pyridine rings is 1. The number of amides is 1. The van der Waals surface area contributed by atoms with Gasteiger partial charge in [-0.15, -0.1) is 0 Å². The Morgan fingerprint density at radius 3 is 2.83 bits per heavy atom. The van der Waals surface area contributed by atoms with Gasteiger partial charge in [0.05, 0.1) is 6.54 Å². The van der Waals surface area contributed by atoms with E-state index in [4.69, 9.17) is 9.47 Å². The summed E-state index contributed by atoms with van der Waals surface area (Å²) in [7, 11) is 0. The van der Waals surface area contributed by atoms with Gasteiger partial charge >= 0.3 is 6.09 Å². The zero-order valence-corrected chi connectivity index (χ0v) is 14.5. The molecule has 0 N–H and O–H groups in total. The van der Waals surface area contributed by atoms with E-state index in [0.29, 0.717) is 13.1 Å². The van der Waals surface area contributed by atoms with Crippen LogP contribution in [0.2, 0.25) is 0 Å². The van der Waals surface area contributed by atoms with Gasteiger partial charge in [-0.3, -0.25) is 4.98 Å². The van der Waals surface area contributed by atoms with Gasteiger partial charge in [0, 0.05) is 18.1 Å². The van der Waals surface area contributed by atoms with Crippen molar-refractivity contribution in [3.8, 4) is 5.75 Å². The first-order chi connectivity index (χ1) is 11.4. The van der Waals surface area contributed by atoms with Gasteiger partial charge in [0.2, 0.25) is 0 Å². The van der Waals surface area contributed by atoms with E-state index >= 15 is 0 Å². The Labute approximate surface area is 142 Å². The fraction of sp³-hybridized carbons (Fsp3) is 0.474. The van der Waals surface area contributed by atoms with Crippen LogP contribution in [0.15, 0.2) is 36.5 Å². The molecule has 2 heterocycles. The predicted molar refractivity (Wildman–Crippen MR) is 93.2 cm³/mol. The van der Waals surface area contributed by atoms with Crippen LogP contribution < -0.4 is 4.74 Å². The van der Waals surface area contributed by atoms with Gasteiger partial charge in [0.25, 0.3) is 0 Å². The first-order valence-electron chi connectivity index (χ1n) is 8.41. The Balaban J connectivity index is 1.70. The number of likely N-dealkylation sites (tertiary alicyclic amines) is 1. The summed E-state index contributed by atoms with van der Waals surface area (Å²) >= 11 is 0. The van der Waals surface area contributed by atoms with Gasteiger partial charge in [-0.25, -0.2) is 4.79 Å². The number of ether oxygens (including phenoxy) is 2. The second-order valence-corrected chi connectivity index (χ2v) is 7.14. The molecule has 3 rings (SSSR count). The second kappa shape index (κ2) is 6.67. The Morgan fingerprint density at radius 2 is 2.04 bits per heavy atom. The summed E-state index contributed by atoms with van der Waals surface area (Å²) in [5.74, 6) is 0.768. The molecule has 128 valence electrons. The summed E-state index contributed by atoms with van der Waals surface area (Å²) < 4.78 is 11.6. The molecule has 1 fully saturated rings. The van der Waals surface area contributed by atoms with E-state index in [0.717, 1.165) is 29.5 Å². The van der Waals surface area contributed by atoms with Crippen LogP contribution in [0, 0.1) is 0 Å². The number of para-hydroxylation sites is 1. The molecule has 0 radical (unpaired) electrons. The zero-order chi connectivity index (χ0) is 17.2. The molecule has 1 amide bonds. The number of hydrogen-bond acceptors (Lipinski definition) is 4. The summed E-state index contributed by atoms with van der Waals surface area (Å²) in [6.45, 7) is 6.89. The lowest BCUT2D eigenvalue weighted by Crippen LogP contribution is -2.46. The average molecular weight is 328 g/mol. The molecule has 0 bridgehead atoms. The number of nitrogens with zero attached hydrogens (tertiary/aromatic N) is 2. The third-order valence-corrected chi connectivity index (χ3v) is 3.92. The van der Waals surface area contributed by atoms with Gasteiger partial charge in [-0.1, -0.05) is 18.2 Å². The molecular weight excluding hydrogens is 304 g/mol. The molecule has 2 aromatic rings. The van der Waals surface area contributed by atoms with Gasteiger partial charge in [0.15, 0.2) is 0 Å². The van der Waals surface area contributed by atoms with Crippen molar-refractivity contribution in [2.75, 3.05) is 13.1 Å². The van der Waals surface area contributed by atoms with Crippen molar-refractivity contribution in [2.45, 2.75) is 45.3 Å². The van der Waals surface area contributed by atoms with Gasteiger partial charge in [-0.05, 0) is 45.7 Å². The van der Waals surface area contributed by atoms with Crippen molar-refractivity contribution >= 4 is 17.0 Å². The number of carbonyl (C=O) groups is 1. The molecule has 1 saturated heterocycles. The molecule has 1 aromatic carbocycles. The average Bonchev–Trinajstić information content (AvgIpc) is 2.54. The Kier molecular flexibility index (Phi) is 4.60. The lowest BCUT2D eigenvalue weighted by molar-refractivity contribution is 0.00792. The third-order valence-electron chi connectivity index (χ3n) is 3.92. The molecule has 5 heteroatoms. The van der Waals surface area contributed by atoms with Crippen molar-refractivity contribution in [1.82, 2.24) is 9.88 Å². The quantitative estimate of drug-likeness (QED) is 0.836.